The van der Waals surface area contributed by atoms with Gasteiger partial charge in [-0.05, 0) is 66.9 Å². The fourth-order valence-corrected chi connectivity index (χ4v) is 2.65. The van der Waals surface area contributed by atoms with Crippen LogP contribution in [-0.2, 0) is 0 Å². The Balaban J connectivity index is 1.97. The van der Waals surface area contributed by atoms with E-state index < -0.39 is 0 Å². The van der Waals surface area contributed by atoms with Crippen LogP contribution in [-0.4, -0.2) is 22.2 Å². The van der Waals surface area contributed by atoms with E-state index in [0.29, 0.717) is 35.1 Å². The van der Waals surface area contributed by atoms with Crippen molar-refractivity contribution in [2.24, 2.45) is 5.92 Å². The van der Waals surface area contributed by atoms with Crippen LogP contribution in [0.25, 0.3) is 16.9 Å². The molecule has 27 heavy (non-hydrogen) atoms. The van der Waals surface area contributed by atoms with Crippen molar-refractivity contribution in [1.29, 1.82) is 0 Å². The molecule has 0 saturated heterocycles. The van der Waals surface area contributed by atoms with Gasteiger partial charge in [0.15, 0.2) is 0 Å². The molecule has 3 aromatic rings. The number of aromatic nitrogens is 2. The summed E-state index contributed by atoms with van der Waals surface area (Å²) in [5, 5.41) is 7.38. The second-order valence-corrected chi connectivity index (χ2v) is 6.75. The maximum atomic E-state index is 13.3. The molecule has 1 aromatic heterocycles. The van der Waals surface area contributed by atoms with E-state index >= 15 is 0 Å². The Kier molecular flexibility index (Phi) is 5.64. The van der Waals surface area contributed by atoms with Gasteiger partial charge in [-0.2, -0.15) is 5.10 Å². The minimum Gasteiger partial charge on any atom is -0.351 e. The second kappa shape index (κ2) is 8.12. The SMILES string of the molecule is CC(C)CCNC(=O)c1cc(-c2ccc(F)cc2)nn1-c1ccc(F)cc1. The zero-order valence-corrected chi connectivity index (χ0v) is 15.2. The Bertz CT molecular complexity index is 916. The van der Waals surface area contributed by atoms with Crippen molar-refractivity contribution in [2.45, 2.75) is 20.3 Å². The zero-order chi connectivity index (χ0) is 19.4. The molecule has 0 bridgehead atoms. The first kappa shape index (κ1) is 18.8. The van der Waals surface area contributed by atoms with E-state index in [-0.39, 0.29) is 17.5 Å². The highest BCUT2D eigenvalue weighted by molar-refractivity contribution is 5.94. The van der Waals surface area contributed by atoms with Crippen LogP contribution in [0.3, 0.4) is 0 Å². The topological polar surface area (TPSA) is 46.9 Å². The number of halogens is 2. The van der Waals surface area contributed by atoms with E-state index in [2.05, 4.69) is 24.3 Å². The van der Waals surface area contributed by atoms with Crippen molar-refractivity contribution in [3.05, 3.63) is 71.9 Å². The van der Waals surface area contributed by atoms with Gasteiger partial charge in [-0.25, -0.2) is 13.5 Å². The summed E-state index contributed by atoms with van der Waals surface area (Å²) in [5.74, 6) is -0.501. The fraction of sp³-hybridized carbons (Fsp3) is 0.238. The molecule has 0 aliphatic rings. The van der Waals surface area contributed by atoms with Crippen LogP contribution in [0.2, 0.25) is 0 Å². The van der Waals surface area contributed by atoms with Gasteiger partial charge in [-0.3, -0.25) is 4.79 Å². The van der Waals surface area contributed by atoms with Gasteiger partial charge in [-0.15, -0.1) is 0 Å². The van der Waals surface area contributed by atoms with Gasteiger partial charge < -0.3 is 5.32 Å². The Hall–Kier alpha value is -3.02. The number of carbonyl (C=O) groups excluding carboxylic acids is 1. The van der Waals surface area contributed by atoms with E-state index in [1.165, 1.54) is 28.9 Å². The van der Waals surface area contributed by atoms with Crippen molar-refractivity contribution in [3.8, 4) is 16.9 Å². The number of nitrogens with zero attached hydrogens (tertiary/aromatic N) is 2. The Morgan fingerprint density at radius 3 is 2.22 bits per heavy atom. The number of hydrogen-bond acceptors (Lipinski definition) is 2. The molecule has 1 N–H and O–H groups in total. The molecule has 0 unspecified atom stereocenters. The van der Waals surface area contributed by atoms with Crippen molar-refractivity contribution in [1.82, 2.24) is 15.1 Å². The molecule has 0 fully saturated rings. The van der Waals surface area contributed by atoms with Crippen molar-refractivity contribution >= 4 is 5.91 Å². The van der Waals surface area contributed by atoms with Gasteiger partial charge in [0.2, 0.25) is 0 Å². The fourth-order valence-electron chi connectivity index (χ4n) is 2.65. The molecule has 0 aliphatic heterocycles. The molecule has 1 amide bonds. The summed E-state index contributed by atoms with van der Waals surface area (Å²) in [7, 11) is 0. The van der Waals surface area contributed by atoms with Crippen molar-refractivity contribution < 1.29 is 13.6 Å². The number of amides is 1. The van der Waals surface area contributed by atoms with Crippen molar-refractivity contribution in [3.63, 3.8) is 0 Å². The second-order valence-electron chi connectivity index (χ2n) is 6.75. The summed E-state index contributed by atoms with van der Waals surface area (Å²) in [6.45, 7) is 4.72. The number of carbonyl (C=O) groups is 1. The van der Waals surface area contributed by atoms with E-state index in [9.17, 15) is 13.6 Å². The first-order chi connectivity index (χ1) is 12.9. The van der Waals surface area contributed by atoms with Gasteiger partial charge in [-0.1, -0.05) is 13.8 Å². The lowest BCUT2D eigenvalue weighted by molar-refractivity contribution is 0.0944. The minimum absolute atomic E-state index is 0.263. The standard InChI is InChI=1S/C21H21F2N3O/c1-14(2)11-12-24-21(27)20-13-19(15-3-5-16(22)6-4-15)25-26(20)18-9-7-17(23)8-10-18/h3-10,13-14H,11-12H2,1-2H3,(H,24,27). The third kappa shape index (κ3) is 4.58. The highest BCUT2D eigenvalue weighted by atomic mass is 19.1. The van der Waals surface area contributed by atoms with Crippen LogP contribution in [0.1, 0.15) is 30.8 Å². The molecule has 0 aliphatic carbocycles. The molecule has 0 atom stereocenters. The van der Waals surface area contributed by atoms with Gasteiger partial charge in [0.1, 0.15) is 17.3 Å². The lowest BCUT2D eigenvalue weighted by Crippen LogP contribution is -2.27. The number of rotatable bonds is 6. The summed E-state index contributed by atoms with van der Waals surface area (Å²) < 4.78 is 27.9. The summed E-state index contributed by atoms with van der Waals surface area (Å²) in [4.78, 5) is 12.7. The van der Waals surface area contributed by atoms with Crippen LogP contribution in [0, 0.1) is 17.6 Å². The Labute approximate surface area is 156 Å². The molecule has 0 saturated carbocycles. The monoisotopic (exact) mass is 369 g/mol. The summed E-state index contributed by atoms with van der Waals surface area (Å²) in [6, 6.07) is 13.3. The molecular weight excluding hydrogens is 348 g/mol. The highest BCUT2D eigenvalue weighted by Crippen LogP contribution is 2.22. The molecule has 4 nitrogen and oxygen atoms in total. The number of hydrogen-bond donors (Lipinski definition) is 1. The third-order valence-corrected chi connectivity index (χ3v) is 4.16. The predicted molar refractivity (Wildman–Crippen MR) is 101 cm³/mol. The average molecular weight is 369 g/mol. The summed E-state index contributed by atoms with van der Waals surface area (Å²) in [5.41, 5.74) is 2.13. The van der Waals surface area contributed by atoms with Gasteiger partial charge in [0.25, 0.3) is 5.91 Å². The maximum Gasteiger partial charge on any atom is 0.270 e. The van der Waals surface area contributed by atoms with Crippen LogP contribution >= 0.6 is 0 Å². The summed E-state index contributed by atoms with van der Waals surface area (Å²) >= 11 is 0. The van der Waals surface area contributed by atoms with E-state index in [4.69, 9.17) is 0 Å². The first-order valence-electron chi connectivity index (χ1n) is 8.84. The molecule has 0 spiro atoms. The lowest BCUT2D eigenvalue weighted by Gasteiger charge is -2.09. The van der Waals surface area contributed by atoms with Gasteiger partial charge in [0.05, 0.1) is 11.4 Å². The third-order valence-electron chi connectivity index (χ3n) is 4.16. The molecule has 3 rings (SSSR count). The van der Waals surface area contributed by atoms with E-state index in [1.54, 1.807) is 30.3 Å². The van der Waals surface area contributed by atoms with Gasteiger partial charge in [0, 0.05) is 12.1 Å². The molecule has 6 heteroatoms. The molecule has 1 heterocycles. The van der Waals surface area contributed by atoms with Crippen molar-refractivity contribution in [2.75, 3.05) is 6.54 Å². The van der Waals surface area contributed by atoms with Crippen LogP contribution in [0.15, 0.2) is 54.6 Å². The quantitative estimate of drug-likeness (QED) is 0.691. The lowest BCUT2D eigenvalue weighted by atomic mass is 10.1. The number of benzene rings is 2. The van der Waals surface area contributed by atoms with E-state index in [1.807, 2.05) is 0 Å². The highest BCUT2D eigenvalue weighted by Gasteiger charge is 2.17. The van der Waals surface area contributed by atoms with Gasteiger partial charge >= 0.3 is 0 Å². The largest absolute Gasteiger partial charge is 0.351 e. The summed E-state index contributed by atoms with van der Waals surface area (Å²) in [6.07, 6.45) is 0.862. The predicted octanol–water partition coefficient (Wildman–Crippen LogP) is 4.59. The van der Waals surface area contributed by atoms with Crippen LogP contribution in [0.5, 0.6) is 0 Å². The van der Waals surface area contributed by atoms with Crippen LogP contribution in [0.4, 0.5) is 8.78 Å². The normalized spacial score (nSPS) is 11.0. The Morgan fingerprint density at radius 1 is 1.04 bits per heavy atom. The Morgan fingerprint density at radius 2 is 1.63 bits per heavy atom. The number of nitrogens with one attached hydrogen (secondary N) is 1. The first-order valence-corrected chi connectivity index (χ1v) is 8.84. The minimum atomic E-state index is -0.368. The van der Waals surface area contributed by atoms with E-state index in [0.717, 1.165) is 6.42 Å². The van der Waals surface area contributed by atoms with Crippen LogP contribution < -0.4 is 5.32 Å². The maximum absolute atomic E-state index is 13.3. The zero-order valence-electron chi connectivity index (χ0n) is 15.2. The molecule has 140 valence electrons. The smallest absolute Gasteiger partial charge is 0.270 e. The molecule has 0 radical (unpaired) electrons. The average Bonchev–Trinajstić information content (AvgIpc) is 3.08. The molecule has 2 aromatic carbocycles. The molecular formula is C21H21F2N3O.